The third kappa shape index (κ3) is 2.11. The largest absolute Gasteiger partial charge is 0.294 e. The van der Waals surface area contributed by atoms with Gasteiger partial charge in [-0.1, -0.05) is 25.5 Å². The van der Waals surface area contributed by atoms with Crippen LogP contribution in [0.15, 0.2) is 18.2 Å². The van der Waals surface area contributed by atoms with Crippen LogP contribution in [0.3, 0.4) is 0 Å². The van der Waals surface area contributed by atoms with Gasteiger partial charge in [0.05, 0.1) is 0 Å². The molecule has 2 aliphatic carbocycles. The Hall–Kier alpha value is -1.11. The molecule has 0 aromatic heterocycles. The van der Waals surface area contributed by atoms with E-state index in [2.05, 4.69) is 25.1 Å². The van der Waals surface area contributed by atoms with E-state index in [0.717, 1.165) is 18.4 Å². The van der Waals surface area contributed by atoms with E-state index in [1.807, 2.05) is 0 Å². The summed E-state index contributed by atoms with van der Waals surface area (Å²) in [5.41, 5.74) is 3.87. The highest BCUT2D eigenvalue weighted by atomic mass is 16.1. The highest BCUT2D eigenvalue weighted by molar-refractivity contribution is 5.98. The summed E-state index contributed by atoms with van der Waals surface area (Å²) in [6.45, 7) is 2.23. The number of fused-ring (bicyclic) bond motifs is 1. The highest BCUT2D eigenvalue weighted by Crippen LogP contribution is 2.34. The van der Waals surface area contributed by atoms with Crippen molar-refractivity contribution >= 4 is 5.78 Å². The molecule has 18 heavy (non-hydrogen) atoms. The molecule has 2 unspecified atom stereocenters. The van der Waals surface area contributed by atoms with Gasteiger partial charge in [0.1, 0.15) is 0 Å². The maximum atomic E-state index is 12.5. The lowest BCUT2D eigenvalue weighted by Gasteiger charge is -2.18. The van der Waals surface area contributed by atoms with E-state index >= 15 is 0 Å². The third-order valence-electron chi connectivity index (χ3n) is 4.83. The van der Waals surface area contributed by atoms with Crippen LogP contribution in [0.4, 0.5) is 0 Å². The van der Waals surface area contributed by atoms with Crippen molar-refractivity contribution in [2.75, 3.05) is 0 Å². The number of ketones is 1. The zero-order chi connectivity index (χ0) is 12.5. The Bertz CT molecular complexity index is 461. The molecule has 3 rings (SSSR count). The molecule has 1 saturated carbocycles. The van der Waals surface area contributed by atoms with E-state index in [-0.39, 0.29) is 5.92 Å². The van der Waals surface area contributed by atoms with Gasteiger partial charge in [-0.25, -0.2) is 0 Å². The number of carbonyl (C=O) groups excluding carboxylic acids is 1. The molecule has 0 radical (unpaired) electrons. The Labute approximate surface area is 110 Å². The second-order valence-electron chi connectivity index (χ2n) is 6.07. The van der Waals surface area contributed by atoms with Crippen LogP contribution in [0.1, 0.15) is 60.5 Å². The van der Waals surface area contributed by atoms with Crippen LogP contribution in [-0.2, 0) is 12.8 Å². The van der Waals surface area contributed by atoms with Crippen molar-refractivity contribution in [2.45, 2.75) is 51.9 Å². The molecule has 0 N–H and O–H groups in total. The van der Waals surface area contributed by atoms with Gasteiger partial charge >= 0.3 is 0 Å². The molecule has 96 valence electrons. The summed E-state index contributed by atoms with van der Waals surface area (Å²) in [5, 5.41) is 0. The van der Waals surface area contributed by atoms with E-state index in [1.165, 1.54) is 43.2 Å². The number of rotatable bonds is 2. The Morgan fingerprint density at radius 3 is 2.56 bits per heavy atom. The molecular weight excluding hydrogens is 220 g/mol. The van der Waals surface area contributed by atoms with E-state index < -0.39 is 0 Å². The maximum absolute atomic E-state index is 12.5. The van der Waals surface area contributed by atoms with E-state index in [4.69, 9.17) is 0 Å². The zero-order valence-corrected chi connectivity index (χ0v) is 11.2. The van der Waals surface area contributed by atoms with Gasteiger partial charge in [-0.3, -0.25) is 4.79 Å². The first-order valence-electron chi connectivity index (χ1n) is 7.42. The van der Waals surface area contributed by atoms with Gasteiger partial charge in [0.15, 0.2) is 5.78 Å². The summed E-state index contributed by atoms with van der Waals surface area (Å²) in [7, 11) is 0. The van der Waals surface area contributed by atoms with Gasteiger partial charge in [-0.05, 0) is 61.6 Å². The summed E-state index contributed by atoms with van der Waals surface area (Å²) in [5.74, 6) is 1.26. The van der Waals surface area contributed by atoms with Crippen LogP contribution >= 0.6 is 0 Å². The lowest BCUT2D eigenvalue weighted by molar-refractivity contribution is 0.0897. The smallest absolute Gasteiger partial charge is 0.166 e. The molecule has 1 fully saturated rings. The molecule has 1 heteroatoms. The van der Waals surface area contributed by atoms with Crippen molar-refractivity contribution in [3.05, 3.63) is 34.9 Å². The summed E-state index contributed by atoms with van der Waals surface area (Å²) >= 11 is 0. The Kier molecular flexibility index (Phi) is 3.23. The Balaban J connectivity index is 1.85. The van der Waals surface area contributed by atoms with Gasteiger partial charge in [0, 0.05) is 11.5 Å². The number of benzene rings is 1. The first kappa shape index (κ1) is 12.0. The molecule has 1 aromatic carbocycles. The van der Waals surface area contributed by atoms with E-state index in [9.17, 15) is 4.79 Å². The van der Waals surface area contributed by atoms with Crippen molar-refractivity contribution in [3.63, 3.8) is 0 Å². The monoisotopic (exact) mass is 242 g/mol. The van der Waals surface area contributed by atoms with Crippen LogP contribution in [0, 0.1) is 11.8 Å². The predicted molar refractivity (Wildman–Crippen MR) is 73.9 cm³/mol. The number of carbonyl (C=O) groups is 1. The molecule has 0 spiro atoms. The molecule has 0 aliphatic heterocycles. The van der Waals surface area contributed by atoms with Gasteiger partial charge in [0.25, 0.3) is 0 Å². The first-order valence-corrected chi connectivity index (χ1v) is 7.42. The Morgan fingerprint density at radius 1 is 1.06 bits per heavy atom. The lowest BCUT2D eigenvalue weighted by Crippen LogP contribution is -2.18. The molecule has 2 atom stereocenters. The predicted octanol–water partition coefficient (Wildman–Crippen LogP) is 4.18. The van der Waals surface area contributed by atoms with Crippen LogP contribution < -0.4 is 0 Å². The average Bonchev–Trinajstić information content (AvgIpc) is 2.83. The van der Waals surface area contributed by atoms with Crippen molar-refractivity contribution in [3.8, 4) is 0 Å². The molecule has 0 heterocycles. The molecule has 0 saturated heterocycles. The summed E-state index contributed by atoms with van der Waals surface area (Å²) in [4.78, 5) is 12.5. The third-order valence-corrected chi connectivity index (χ3v) is 4.83. The fourth-order valence-electron chi connectivity index (χ4n) is 3.64. The van der Waals surface area contributed by atoms with Gasteiger partial charge < -0.3 is 0 Å². The summed E-state index contributed by atoms with van der Waals surface area (Å²) in [6.07, 6.45) is 8.49. The highest BCUT2D eigenvalue weighted by Gasteiger charge is 2.30. The zero-order valence-electron chi connectivity index (χ0n) is 11.2. The lowest BCUT2D eigenvalue weighted by atomic mass is 9.85. The van der Waals surface area contributed by atoms with Crippen molar-refractivity contribution in [2.24, 2.45) is 11.8 Å². The maximum Gasteiger partial charge on any atom is 0.166 e. The molecule has 1 aromatic rings. The topological polar surface area (TPSA) is 17.1 Å². The molecule has 0 amide bonds. The van der Waals surface area contributed by atoms with Crippen LogP contribution in [-0.4, -0.2) is 5.78 Å². The number of hydrogen-bond acceptors (Lipinski definition) is 1. The number of Topliss-reactive ketones (excluding diaryl/α,β-unsaturated/α-hetero) is 1. The minimum absolute atomic E-state index is 0.284. The minimum atomic E-state index is 0.284. The van der Waals surface area contributed by atoms with Crippen LogP contribution in [0.5, 0.6) is 0 Å². The quantitative estimate of drug-likeness (QED) is 0.711. The molecule has 0 bridgehead atoms. The van der Waals surface area contributed by atoms with Crippen LogP contribution in [0.25, 0.3) is 0 Å². The van der Waals surface area contributed by atoms with E-state index in [0.29, 0.717) is 11.7 Å². The second-order valence-corrected chi connectivity index (χ2v) is 6.07. The number of aryl methyl sites for hydroxylation is 2. The van der Waals surface area contributed by atoms with Crippen LogP contribution in [0.2, 0.25) is 0 Å². The fourth-order valence-corrected chi connectivity index (χ4v) is 3.64. The SMILES string of the molecule is CC1CCCC1C(=O)c1ccc2c(c1)CCCC2. The van der Waals surface area contributed by atoms with Gasteiger partial charge in [0.2, 0.25) is 0 Å². The van der Waals surface area contributed by atoms with Crippen molar-refractivity contribution in [1.29, 1.82) is 0 Å². The van der Waals surface area contributed by atoms with Gasteiger partial charge in [-0.15, -0.1) is 0 Å². The van der Waals surface area contributed by atoms with Crippen molar-refractivity contribution < 1.29 is 4.79 Å². The summed E-state index contributed by atoms with van der Waals surface area (Å²) in [6, 6.07) is 6.45. The molecule has 1 nitrogen and oxygen atoms in total. The number of hydrogen-bond donors (Lipinski definition) is 0. The second kappa shape index (κ2) is 4.87. The minimum Gasteiger partial charge on any atom is -0.294 e. The summed E-state index contributed by atoms with van der Waals surface area (Å²) < 4.78 is 0. The standard InChI is InChI=1S/C17H22O/c1-12-5-4-8-16(12)17(18)15-10-9-13-6-2-3-7-14(13)11-15/h9-12,16H,2-8H2,1H3. The first-order chi connectivity index (χ1) is 8.75. The Morgan fingerprint density at radius 2 is 1.83 bits per heavy atom. The average molecular weight is 242 g/mol. The molecule has 2 aliphatic rings. The fraction of sp³-hybridized carbons (Fsp3) is 0.588. The van der Waals surface area contributed by atoms with Crippen molar-refractivity contribution in [1.82, 2.24) is 0 Å². The normalized spacial score (nSPS) is 26.9. The van der Waals surface area contributed by atoms with Gasteiger partial charge in [-0.2, -0.15) is 0 Å². The molecular formula is C17H22O. The van der Waals surface area contributed by atoms with E-state index in [1.54, 1.807) is 0 Å².